The Bertz CT molecular complexity index is 406. The fourth-order valence-corrected chi connectivity index (χ4v) is 1.75. The molecule has 1 rings (SSSR count). The van der Waals surface area contributed by atoms with Crippen molar-refractivity contribution in [3.63, 3.8) is 0 Å². The zero-order valence-electron chi connectivity index (χ0n) is 7.62. The number of hydrogen-bond acceptors (Lipinski definition) is 3. The zero-order chi connectivity index (χ0) is 10.6. The SMILES string of the molecule is CS(=O)(=O)Nc1cccc(CNCl)c1. The first-order valence-corrected chi connectivity index (χ1v) is 6.18. The molecule has 0 amide bonds. The number of rotatable bonds is 4. The first kappa shape index (κ1) is 11.3. The van der Waals surface area contributed by atoms with Gasteiger partial charge in [-0.25, -0.2) is 13.3 Å². The Morgan fingerprint density at radius 1 is 1.43 bits per heavy atom. The Labute approximate surface area is 88.4 Å². The third kappa shape index (κ3) is 3.95. The van der Waals surface area contributed by atoms with E-state index in [0.717, 1.165) is 11.8 Å². The molecule has 0 aliphatic rings. The molecule has 0 radical (unpaired) electrons. The van der Waals surface area contributed by atoms with Crippen LogP contribution in [0.1, 0.15) is 5.56 Å². The van der Waals surface area contributed by atoms with E-state index in [-0.39, 0.29) is 0 Å². The fourth-order valence-electron chi connectivity index (χ4n) is 1.04. The Balaban J connectivity index is 2.83. The number of benzene rings is 1. The molecule has 0 unspecified atom stereocenters. The third-order valence-electron chi connectivity index (χ3n) is 1.50. The van der Waals surface area contributed by atoms with E-state index in [1.165, 1.54) is 0 Å². The van der Waals surface area contributed by atoms with Gasteiger partial charge in [-0.15, -0.1) is 0 Å². The Morgan fingerprint density at radius 3 is 2.71 bits per heavy atom. The molecule has 0 saturated carbocycles. The van der Waals surface area contributed by atoms with Crippen LogP contribution in [0.15, 0.2) is 24.3 Å². The van der Waals surface area contributed by atoms with Crippen LogP contribution >= 0.6 is 11.8 Å². The molecule has 0 aliphatic heterocycles. The molecule has 4 nitrogen and oxygen atoms in total. The molecule has 0 heterocycles. The van der Waals surface area contributed by atoms with Crippen molar-refractivity contribution in [3.8, 4) is 0 Å². The van der Waals surface area contributed by atoms with Crippen molar-refractivity contribution in [2.45, 2.75) is 6.54 Å². The maximum atomic E-state index is 10.9. The van der Waals surface area contributed by atoms with Crippen molar-refractivity contribution >= 4 is 27.5 Å². The van der Waals surface area contributed by atoms with Crippen molar-refractivity contribution in [2.24, 2.45) is 0 Å². The largest absolute Gasteiger partial charge is 0.284 e. The van der Waals surface area contributed by atoms with Crippen LogP contribution < -0.4 is 9.56 Å². The van der Waals surface area contributed by atoms with E-state index < -0.39 is 10.0 Å². The van der Waals surface area contributed by atoms with Crippen molar-refractivity contribution in [1.29, 1.82) is 0 Å². The van der Waals surface area contributed by atoms with Gasteiger partial charge in [0.15, 0.2) is 0 Å². The average molecular weight is 235 g/mol. The van der Waals surface area contributed by atoms with Gasteiger partial charge in [0.1, 0.15) is 0 Å². The predicted octanol–water partition coefficient (Wildman–Crippen LogP) is 1.30. The Hall–Kier alpha value is -0.780. The molecule has 0 bridgehead atoms. The lowest BCUT2D eigenvalue weighted by Crippen LogP contribution is -2.10. The van der Waals surface area contributed by atoms with Crippen LogP contribution in [0, 0.1) is 0 Å². The van der Waals surface area contributed by atoms with Gasteiger partial charge in [-0.2, -0.15) is 0 Å². The van der Waals surface area contributed by atoms with Crippen LogP contribution in [0.2, 0.25) is 0 Å². The zero-order valence-corrected chi connectivity index (χ0v) is 9.19. The van der Waals surface area contributed by atoms with Gasteiger partial charge in [0.05, 0.1) is 6.26 Å². The fraction of sp³-hybridized carbons (Fsp3) is 0.250. The molecular formula is C8H11ClN2O2S. The lowest BCUT2D eigenvalue weighted by Gasteiger charge is -2.05. The standard InChI is InChI=1S/C8H11ClN2O2S/c1-14(12,13)11-8-4-2-3-7(5-8)6-10-9/h2-5,10-11H,6H2,1H3. The smallest absolute Gasteiger partial charge is 0.229 e. The maximum absolute atomic E-state index is 10.9. The van der Waals surface area contributed by atoms with Crippen LogP contribution in [0.25, 0.3) is 0 Å². The van der Waals surface area contributed by atoms with E-state index in [1.54, 1.807) is 18.2 Å². The molecule has 0 spiro atoms. The van der Waals surface area contributed by atoms with E-state index in [2.05, 4.69) is 9.56 Å². The second kappa shape index (κ2) is 4.63. The minimum Gasteiger partial charge on any atom is -0.284 e. The molecule has 0 atom stereocenters. The second-order valence-corrected chi connectivity index (χ2v) is 4.90. The summed E-state index contributed by atoms with van der Waals surface area (Å²) in [5.41, 5.74) is 1.45. The minimum atomic E-state index is -3.21. The highest BCUT2D eigenvalue weighted by molar-refractivity contribution is 7.92. The van der Waals surface area contributed by atoms with Crippen molar-refractivity contribution < 1.29 is 8.42 Å². The van der Waals surface area contributed by atoms with Crippen LogP contribution in [-0.2, 0) is 16.6 Å². The first-order chi connectivity index (χ1) is 6.51. The quantitative estimate of drug-likeness (QED) is 0.773. The number of sulfonamides is 1. The molecule has 0 aromatic heterocycles. The predicted molar refractivity (Wildman–Crippen MR) is 57.6 cm³/mol. The first-order valence-electron chi connectivity index (χ1n) is 3.91. The molecule has 1 aromatic rings. The van der Waals surface area contributed by atoms with Gasteiger partial charge in [0.2, 0.25) is 10.0 Å². The topological polar surface area (TPSA) is 58.2 Å². The molecule has 0 aliphatic carbocycles. The average Bonchev–Trinajstić information content (AvgIpc) is 2.02. The molecule has 6 heteroatoms. The van der Waals surface area contributed by atoms with Crippen LogP contribution in [-0.4, -0.2) is 14.7 Å². The van der Waals surface area contributed by atoms with Crippen molar-refractivity contribution in [3.05, 3.63) is 29.8 Å². The summed E-state index contributed by atoms with van der Waals surface area (Å²) in [6, 6.07) is 7.01. The van der Waals surface area contributed by atoms with Crippen LogP contribution in [0.4, 0.5) is 5.69 Å². The molecule has 0 saturated heterocycles. The number of halogens is 1. The van der Waals surface area contributed by atoms with Gasteiger partial charge in [-0.05, 0) is 29.5 Å². The molecule has 0 fully saturated rings. The van der Waals surface area contributed by atoms with Crippen molar-refractivity contribution in [2.75, 3.05) is 11.0 Å². The summed E-state index contributed by atoms with van der Waals surface area (Å²) in [5, 5.41) is 0. The normalized spacial score (nSPS) is 11.3. The highest BCUT2D eigenvalue weighted by Gasteiger charge is 2.01. The highest BCUT2D eigenvalue weighted by Crippen LogP contribution is 2.11. The number of hydrogen-bond donors (Lipinski definition) is 2. The van der Waals surface area contributed by atoms with Crippen LogP contribution in [0.3, 0.4) is 0 Å². The highest BCUT2D eigenvalue weighted by atomic mass is 35.5. The second-order valence-electron chi connectivity index (χ2n) is 2.89. The van der Waals surface area contributed by atoms with Gasteiger partial charge in [0.25, 0.3) is 0 Å². The molecule has 2 N–H and O–H groups in total. The summed E-state index contributed by atoms with van der Waals surface area (Å²) in [5.74, 6) is 0. The van der Waals surface area contributed by atoms with Crippen molar-refractivity contribution in [1.82, 2.24) is 4.84 Å². The van der Waals surface area contributed by atoms with E-state index in [9.17, 15) is 8.42 Å². The summed E-state index contributed by atoms with van der Waals surface area (Å²) in [4.78, 5) is 2.47. The van der Waals surface area contributed by atoms with Gasteiger partial charge < -0.3 is 0 Å². The van der Waals surface area contributed by atoms with Gasteiger partial charge in [-0.1, -0.05) is 12.1 Å². The van der Waals surface area contributed by atoms with Gasteiger partial charge in [0, 0.05) is 12.2 Å². The molecule has 14 heavy (non-hydrogen) atoms. The summed E-state index contributed by atoms with van der Waals surface area (Å²) >= 11 is 5.33. The Morgan fingerprint density at radius 2 is 2.14 bits per heavy atom. The summed E-state index contributed by atoms with van der Waals surface area (Å²) < 4.78 is 24.2. The monoisotopic (exact) mass is 234 g/mol. The van der Waals surface area contributed by atoms with E-state index >= 15 is 0 Å². The molecular weight excluding hydrogens is 224 g/mol. The minimum absolute atomic E-state index is 0.487. The number of anilines is 1. The lowest BCUT2D eigenvalue weighted by molar-refractivity contribution is 0.607. The van der Waals surface area contributed by atoms with Gasteiger partial charge in [-0.3, -0.25) is 4.72 Å². The molecule has 1 aromatic carbocycles. The lowest BCUT2D eigenvalue weighted by atomic mass is 10.2. The summed E-state index contributed by atoms with van der Waals surface area (Å²) in [6.45, 7) is 0.487. The summed E-state index contributed by atoms with van der Waals surface area (Å²) in [7, 11) is -3.21. The van der Waals surface area contributed by atoms with E-state index in [1.807, 2.05) is 6.07 Å². The Kier molecular flexibility index (Phi) is 3.74. The van der Waals surface area contributed by atoms with Crippen LogP contribution in [0.5, 0.6) is 0 Å². The number of nitrogens with one attached hydrogen (secondary N) is 2. The maximum Gasteiger partial charge on any atom is 0.229 e. The van der Waals surface area contributed by atoms with E-state index in [0.29, 0.717) is 12.2 Å². The third-order valence-corrected chi connectivity index (χ3v) is 2.24. The van der Waals surface area contributed by atoms with E-state index in [4.69, 9.17) is 11.8 Å². The molecule has 78 valence electrons. The van der Waals surface area contributed by atoms with Gasteiger partial charge >= 0.3 is 0 Å². The summed E-state index contributed by atoms with van der Waals surface area (Å²) in [6.07, 6.45) is 1.11.